The number of hydrogen-bond donors (Lipinski definition) is 1. The second kappa shape index (κ2) is 17.7. The lowest BCUT2D eigenvalue weighted by atomic mass is 10.1. The SMILES string of the molecule is CCC=CCC=CC/C=C\CCCCCCCCCC(=O)O. The standard InChI is InChI=1S/C20H34O2/c1-2-3-4-5-6-7-8-9-10-11-12-13-14-15-16-17-18-19-20(21)22/h3-4,6-7,9-10H,2,5,8,11-19H2,1H3,(H,21,22)/b4-3?,7-6?,10-9-. The van der Waals surface area contributed by atoms with Crippen molar-refractivity contribution < 1.29 is 9.90 Å². The summed E-state index contributed by atoms with van der Waals surface area (Å²) in [5.41, 5.74) is 0. The highest BCUT2D eigenvalue weighted by Crippen LogP contribution is 2.10. The zero-order valence-electron chi connectivity index (χ0n) is 14.3. The van der Waals surface area contributed by atoms with Crippen LogP contribution in [0.1, 0.15) is 84.0 Å². The number of aliphatic carboxylic acids is 1. The van der Waals surface area contributed by atoms with Crippen molar-refractivity contribution in [3.05, 3.63) is 36.5 Å². The van der Waals surface area contributed by atoms with Crippen LogP contribution in [-0.2, 0) is 4.79 Å². The molecule has 0 rings (SSSR count). The molecule has 2 nitrogen and oxygen atoms in total. The van der Waals surface area contributed by atoms with Crippen molar-refractivity contribution in [3.8, 4) is 0 Å². The minimum atomic E-state index is -0.668. The molecule has 0 aliphatic rings. The lowest BCUT2D eigenvalue weighted by Crippen LogP contribution is -1.93. The first kappa shape index (κ1) is 20.7. The molecule has 2 heteroatoms. The molecule has 0 unspecified atom stereocenters. The van der Waals surface area contributed by atoms with Gasteiger partial charge in [-0.1, -0.05) is 75.5 Å². The highest BCUT2D eigenvalue weighted by atomic mass is 16.4. The van der Waals surface area contributed by atoms with Gasteiger partial charge in [-0.2, -0.15) is 0 Å². The summed E-state index contributed by atoms with van der Waals surface area (Å²) >= 11 is 0. The van der Waals surface area contributed by atoms with E-state index in [4.69, 9.17) is 5.11 Å². The van der Waals surface area contributed by atoms with Gasteiger partial charge < -0.3 is 5.11 Å². The fourth-order valence-corrected chi connectivity index (χ4v) is 2.25. The van der Waals surface area contributed by atoms with E-state index < -0.39 is 5.97 Å². The first-order chi connectivity index (χ1) is 10.8. The third-order valence-corrected chi connectivity index (χ3v) is 3.54. The number of hydrogen-bond acceptors (Lipinski definition) is 1. The quantitative estimate of drug-likeness (QED) is 0.279. The monoisotopic (exact) mass is 306 g/mol. The number of carbonyl (C=O) groups is 1. The van der Waals surface area contributed by atoms with Crippen LogP contribution in [0.2, 0.25) is 0 Å². The van der Waals surface area contributed by atoms with E-state index in [0.717, 1.165) is 32.1 Å². The zero-order chi connectivity index (χ0) is 16.3. The number of carboxylic acid groups (broad SMARTS) is 1. The third kappa shape index (κ3) is 18.7. The molecule has 126 valence electrons. The Morgan fingerprint density at radius 2 is 1.23 bits per heavy atom. The summed E-state index contributed by atoms with van der Waals surface area (Å²) in [6, 6.07) is 0. The third-order valence-electron chi connectivity index (χ3n) is 3.54. The summed E-state index contributed by atoms with van der Waals surface area (Å²) < 4.78 is 0. The summed E-state index contributed by atoms with van der Waals surface area (Å²) in [5.74, 6) is -0.668. The Morgan fingerprint density at radius 3 is 1.82 bits per heavy atom. The number of carboxylic acids is 1. The zero-order valence-corrected chi connectivity index (χ0v) is 14.3. The molecule has 0 saturated carbocycles. The predicted octanol–water partition coefficient (Wildman–Crippen LogP) is 6.44. The van der Waals surface area contributed by atoms with Crippen molar-refractivity contribution in [1.82, 2.24) is 0 Å². The Balaban J connectivity index is 3.20. The van der Waals surface area contributed by atoms with Crippen molar-refractivity contribution in [2.45, 2.75) is 84.0 Å². The number of rotatable bonds is 15. The molecule has 0 fully saturated rings. The first-order valence-corrected chi connectivity index (χ1v) is 8.94. The van der Waals surface area contributed by atoms with Crippen LogP contribution in [0.15, 0.2) is 36.5 Å². The maximum Gasteiger partial charge on any atom is 0.303 e. The molecule has 0 aromatic heterocycles. The summed E-state index contributed by atoms with van der Waals surface area (Å²) in [6.07, 6.45) is 26.3. The van der Waals surface area contributed by atoms with E-state index in [2.05, 4.69) is 43.4 Å². The van der Waals surface area contributed by atoms with Gasteiger partial charge in [0.25, 0.3) is 0 Å². The summed E-state index contributed by atoms with van der Waals surface area (Å²) in [4.78, 5) is 10.3. The maximum atomic E-state index is 10.3. The van der Waals surface area contributed by atoms with Gasteiger partial charge in [-0.25, -0.2) is 0 Å². The largest absolute Gasteiger partial charge is 0.481 e. The Hall–Kier alpha value is -1.31. The Labute approximate surface area is 137 Å². The molecule has 0 amide bonds. The van der Waals surface area contributed by atoms with Crippen LogP contribution < -0.4 is 0 Å². The van der Waals surface area contributed by atoms with Crippen molar-refractivity contribution >= 4 is 5.97 Å². The van der Waals surface area contributed by atoms with Crippen molar-refractivity contribution in [1.29, 1.82) is 0 Å². The van der Waals surface area contributed by atoms with E-state index in [9.17, 15) is 4.79 Å². The molecule has 0 saturated heterocycles. The van der Waals surface area contributed by atoms with Crippen LogP contribution in [0.3, 0.4) is 0 Å². The van der Waals surface area contributed by atoms with Gasteiger partial charge in [-0.3, -0.25) is 4.79 Å². The van der Waals surface area contributed by atoms with E-state index in [0.29, 0.717) is 6.42 Å². The molecule has 22 heavy (non-hydrogen) atoms. The normalized spacial score (nSPS) is 12.0. The summed E-state index contributed by atoms with van der Waals surface area (Å²) in [7, 11) is 0. The molecule has 0 heterocycles. The van der Waals surface area contributed by atoms with E-state index in [1.165, 1.54) is 38.5 Å². The van der Waals surface area contributed by atoms with Crippen LogP contribution in [0.25, 0.3) is 0 Å². The first-order valence-electron chi connectivity index (χ1n) is 8.94. The van der Waals surface area contributed by atoms with Gasteiger partial charge >= 0.3 is 5.97 Å². The van der Waals surface area contributed by atoms with Crippen LogP contribution >= 0.6 is 0 Å². The summed E-state index contributed by atoms with van der Waals surface area (Å²) in [6.45, 7) is 2.16. The summed E-state index contributed by atoms with van der Waals surface area (Å²) in [5, 5.41) is 8.53. The molecule has 0 spiro atoms. The fourth-order valence-electron chi connectivity index (χ4n) is 2.25. The maximum absolute atomic E-state index is 10.3. The van der Waals surface area contributed by atoms with E-state index in [1.54, 1.807) is 0 Å². The molecule has 0 bridgehead atoms. The topological polar surface area (TPSA) is 37.3 Å². The van der Waals surface area contributed by atoms with Gasteiger partial charge in [0.05, 0.1) is 0 Å². The van der Waals surface area contributed by atoms with E-state index in [-0.39, 0.29) is 0 Å². The van der Waals surface area contributed by atoms with Crippen molar-refractivity contribution in [2.75, 3.05) is 0 Å². The van der Waals surface area contributed by atoms with Gasteiger partial charge in [-0.15, -0.1) is 0 Å². The number of unbranched alkanes of at least 4 members (excludes halogenated alkanes) is 7. The van der Waals surface area contributed by atoms with Gasteiger partial charge in [0.15, 0.2) is 0 Å². The average Bonchev–Trinajstić information content (AvgIpc) is 2.50. The van der Waals surface area contributed by atoms with Gasteiger partial charge in [-0.05, 0) is 38.5 Å². The van der Waals surface area contributed by atoms with Gasteiger partial charge in [0, 0.05) is 6.42 Å². The molecule has 0 aromatic carbocycles. The van der Waals surface area contributed by atoms with Gasteiger partial charge in [0.2, 0.25) is 0 Å². The average molecular weight is 306 g/mol. The molecule has 0 aliphatic heterocycles. The smallest absolute Gasteiger partial charge is 0.303 e. The van der Waals surface area contributed by atoms with Crippen molar-refractivity contribution in [2.24, 2.45) is 0 Å². The number of allylic oxidation sites excluding steroid dienone is 6. The van der Waals surface area contributed by atoms with Crippen LogP contribution in [0.4, 0.5) is 0 Å². The lowest BCUT2D eigenvalue weighted by molar-refractivity contribution is -0.137. The second-order valence-electron chi connectivity index (χ2n) is 5.70. The lowest BCUT2D eigenvalue weighted by Gasteiger charge is -2.00. The molecular formula is C20H34O2. The van der Waals surface area contributed by atoms with Crippen LogP contribution in [0.5, 0.6) is 0 Å². The molecule has 0 radical (unpaired) electrons. The minimum Gasteiger partial charge on any atom is -0.481 e. The Morgan fingerprint density at radius 1 is 0.727 bits per heavy atom. The van der Waals surface area contributed by atoms with E-state index in [1.807, 2.05) is 0 Å². The minimum absolute atomic E-state index is 0.328. The van der Waals surface area contributed by atoms with Crippen molar-refractivity contribution in [3.63, 3.8) is 0 Å². The van der Waals surface area contributed by atoms with Crippen LogP contribution in [-0.4, -0.2) is 11.1 Å². The molecule has 0 atom stereocenters. The Bertz CT molecular complexity index is 327. The van der Waals surface area contributed by atoms with E-state index >= 15 is 0 Å². The highest BCUT2D eigenvalue weighted by Gasteiger charge is 1.96. The highest BCUT2D eigenvalue weighted by molar-refractivity contribution is 5.66. The second-order valence-corrected chi connectivity index (χ2v) is 5.70. The molecular weight excluding hydrogens is 272 g/mol. The fraction of sp³-hybridized carbons (Fsp3) is 0.650. The molecule has 1 N–H and O–H groups in total. The molecule has 0 aromatic rings. The van der Waals surface area contributed by atoms with Gasteiger partial charge in [0.1, 0.15) is 0 Å². The Kier molecular flexibility index (Phi) is 16.7. The van der Waals surface area contributed by atoms with Crippen LogP contribution in [0, 0.1) is 0 Å². The molecule has 0 aliphatic carbocycles. The predicted molar refractivity (Wildman–Crippen MR) is 96.1 cm³/mol.